The van der Waals surface area contributed by atoms with Crippen LogP contribution in [0.2, 0.25) is 0 Å². The molecule has 2 aromatic rings. The molecule has 0 bridgehead atoms. The number of unbranched alkanes of at least 4 members (excludes halogenated alkanes) is 16. The number of nitrogens with one attached hydrogen (secondary N) is 3. The van der Waals surface area contributed by atoms with Gasteiger partial charge in [-0.3, -0.25) is 0 Å². The van der Waals surface area contributed by atoms with Gasteiger partial charge in [-0.25, -0.2) is 17.9 Å². The van der Waals surface area contributed by atoms with E-state index in [2.05, 4.69) is 28.0 Å². The Hall–Kier alpha value is -1.02. The number of aromatic amines is 1. The number of para-hydroxylation sites is 1. The highest BCUT2D eigenvalue weighted by atomic mass is 127. The maximum absolute atomic E-state index is 12.4. The highest BCUT2D eigenvalue weighted by molar-refractivity contribution is 7.89. The quantitative estimate of drug-likeness (QED) is 0.0938. The number of halogens is 1. The first-order valence-corrected chi connectivity index (χ1v) is 19.7. The number of carbonyl (C=O) groups is 1. The van der Waals surface area contributed by atoms with Gasteiger partial charge in [0.2, 0.25) is 20.5 Å². The fourth-order valence-electron chi connectivity index (χ4n) is 5.24. The number of thiazole rings is 1. The van der Waals surface area contributed by atoms with Gasteiger partial charge in [0, 0.05) is 32.7 Å². The topological polar surface area (TPSA) is 108 Å². The largest absolute Gasteiger partial charge is 1.00 e. The van der Waals surface area contributed by atoms with Crippen molar-refractivity contribution in [1.29, 1.82) is 0 Å². The first kappa shape index (κ1) is 42.0. The molecule has 8 nitrogen and oxygen atoms in total. The predicted octanol–water partition coefficient (Wildman–Crippen LogP) is 4.96. The zero-order chi connectivity index (χ0) is 31.7. The van der Waals surface area contributed by atoms with E-state index >= 15 is 0 Å². The van der Waals surface area contributed by atoms with E-state index in [4.69, 9.17) is 9.47 Å². The van der Waals surface area contributed by atoms with Crippen molar-refractivity contribution in [2.75, 3.05) is 32.6 Å². The number of rotatable bonds is 28. The number of sulfonamides is 1. The molecular weight excluding hydrogens is 721 g/mol. The van der Waals surface area contributed by atoms with Crippen molar-refractivity contribution in [3.63, 3.8) is 0 Å². The Bertz CT molecular complexity index is 1080. The van der Waals surface area contributed by atoms with E-state index in [1.54, 1.807) is 11.3 Å². The average molecular weight is 782 g/mol. The van der Waals surface area contributed by atoms with Crippen LogP contribution in [-0.2, 0) is 25.9 Å². The minimum Gasteiger partial charge on any atom is -1.00 e. The molecule has 0 fully saturated rings. The average Bonchev–Trinajstić information content (AvgIpc) is 3.44. The lowest BCUT2D eigenvalue weighted by molar-refractivity contribution is -0.350. The van der Waals surface area contributed by atoms with Crippen LogP contribution in [0.5, 0.6) is 0 Å². The number of benzene rings is 1. The number of aromatic nitrogens is 1. The van der Waals surface area contributed by atoms with Crippen LogP contribution in [0.1, 0.15) is 128 Å². The maximum Gasteiger partial charge on any atom is 0.407 e. The molecule has 0 aliphatic heterocycles. The lowest BCUT2D eigenvalue weighted by Crippen LogP contribution is -3.00. The molecule has 11 heteroatoms. The van der Waals surface area contributed by atoms with E-state index in [-0.39, 0.29) is 42.9 Å². The fraction of sp³-hybridized carbons (Fsp3) is 0.765. The van der Waals surface area contributed by atoms with Crippen molar-refractivity contribution >= 4 is 37.7 Å². The van der Waals surface area contributed by atoms with Crippen LogP contribution >= 0.6 is 11.3 Å². The normalized spacial score (nSPS) is 12.2. The molecule has 0 radical (unpaired) electrons. The van der Waals surface area contributed by atoms with Crippen LogP contribution in [0.25, 0.3) is 10.2 Å². The van der Waals surface area contributed by atoms with E-state index in [1.165, 1.54) is 102 Å². The number of amides is 1. The van der Waals surface area contributed by atoms with Gasteiger partial charge in [0.1, 0.15) is 17.4 Å². The molecule has 0 aliphatic carbocycles. The van der Waals surface area contributed by atoms with Gasteiger partial charge in [0.15, 0.2) is 0 Å². The fourth-order valence-corrected chi connectivity index (χ4v) is 7.46. The van der Waals surface area contributed by atoms with Crippen molar-refractivity contribution in [3.8, 4) is 0 Å². The molecule has 260 valence electrons. The van der Waals surface area contributed by atoms with E-state index in [9.17, 15) is 13.2 Å². The zero-order valence-corrected chi connectivity index (χ0v) is 31.7. The Morgan fingerprint density at radius 3 is 2.00 bits per heavy atom. The van der Waals surface area contributed by atoms with Gasteiger partial charge in [-0.2, -0.15) is 4.98 Å². The van der Waals surface area contributed by atoms with Crippen LogP contribution in [-0.4, -0.2) is 53.2 Å². The van der Waals surface area contributed by atoms with E-state index in [1.807, 2.05) is 18.2 Å². The Morgan fingerprint density at radius 1 is 0.844 bits per heavy atom. The summed E-state index contributed by atoms with van der Waals surface area (Å²) < 4.78 is 39.2. The monoisotopic (exact) mass is 781 g/mol. The summed E-state index contributed by atoms with van der Waals surface area (Å²) in [6.45, 7) is 2.91. The molecule has 0 spiro atoms. The third kappa shape index (κ3) is 21.5. The van der Waals surface area contributed by atoms with Crippen molar-refractivity contribution < 1.29 is 51.6 Å². The zero-order valence-electron chi connectivity index (χ0n) is 27.9. The molecule has 0 saturated heterocycles. The SMILES string of the molecule is CCCCCCCCCCCCCCCCCCNC(=O)OCC(CNS(=O)(=O)CCCCc1[nH+]c2ccccc2s1)OC.[I-]. The number of hydrogen-bond acceptors (Lipinski definition) is 6. The summed E-state index contributed by atoms with van der Waals surface area (Å²) in [6, 6.07) is 8.14. The molecule has 1 amide bonds. The lowest BCUT2D eigenvalue weighted by atomic mass is 10.0. The number of fused-ring (bicyclic) bond motifs is 1. The van der Waals surface area contributed by atoms with Gasteiger partial charge < -0.3 is 38.8 Å². The number of alkyl carbamates (subject to hydrolysis) is 1. The van der Waals surface area contributed by atoms with Gasteiger partial charge in [-0.1, -0.05) is 127 Å². The predicted molar refractivity (Wildman–Crippen MR) is 183 cm³/mol. The second-order valence-electron chi connectivity index (χ2n) is 12.0. The van der Waals surface area contributed by atoms with Crippen LogP contribution in [0, 0.1) is 0 Å². The van der Waals surface area contributed by atoms with E-state index in [0.717, 1.165) is 36.2 Å². The van der Waals surface area contributed by atoms with E-state index < -0.39 is 22.2 Å². The summed E-state index contributed by atoms with van der Waals surface area (Å²) in [5.41, 5.74) is 1.11. The van der Waals surface area contributed by atoms with Crippen LogP contribution in [0.15, 0.2) is 24.3 Å². The minimum absolute atomic E-state index is 0. The van der Waals surface area contributed by atoms with Crippen LogP contribution in [0.3, 0.4) is 0 Å². The second-order valence-corrected chi connectivity index (χ2v) is 15.0. The van der Waals surface area contributed by atoms with Gasteiger partial charge in [-0.15, -0.1) is 0 Å². The van der Waals surface area contributed by atoms with Crippen molar-refractivity contribution in [2.24, 2.45) is 0 Å². The molecule has 0 aliphatic rings. The summed E-state index contributed by atoms with van der Waals surface area (Å²) >= 11 is 1.71. The van der Waals surface area contributed by atoms with Crippen molar-refractivity contribution in [1.82, 2.24) is 10.0 Å². The third-order valence-electron chi connectivity index (χ3n) is 8.03. The number of methoxy groups -OCH3 is 1. The Labute approximate surface area is 294 Å². The number of aryl methyl sites for hydroxylation is 1. The van der Waals surface area contributed by atoms with Gasteiger partial charge in [0.05, 0.1) is 5.75 Å². The summed E-state index contributed by atoms with van der Waals surface area (Å²) in [7, 11) is -1.95. The number of carbonyl (C=O) groups excluding carboxylic acids is 1. The smallest absolute Gasteiger partial charge is 0.407 e. The van der Waals surface area contributed by atoms with Crippen molar-refractivity contribution in [2.45, 2.75) is 135 Å². The standard InChI is InChI=1S/C34H59N3O5S2.HI/c1-3-4-5-6-7-8-9-10-11-12-13-14-15-16-17-21-26-35-34(38)42-29-30(41-2)28-36-44(39,40)27-22-20-25-33-37-31-23-18-19-24-32(31)43-33;/h18-19,23-24,30,36H,3-17,20-22,25-29H2,1-2H3,(H,35,38);1H. The molecule has 2 rings (SSSR count). The summed E-state index contributed by atoms with van der Waals surface area (Å²) in [5.74, 6) is 0.0506. The molecule has 1 aromatic carbocycles. The first-order valence-electron chi connectivity index (χ1n) is 17.2. The molecular formula is C34H60IN3O5S2. The molecule has 1 unspecified atom stereocenters. The molecule has 1 atom stereocenters. The summed E-state index contributed by atoms with van der Waals surface area (Å²) in [4.78, 5) is 15.4. The lowest BCUT2D eigenvalue weighted by Gasteiger charge is -2.16. The molecule has 1 heterocycles. The van der Waals surface area contributed by atoms with Gasteiger partial charge in [-0.05, 0) is 25.3 Å². The number of hydrogen-bond donors (Lipinski definition) is 2. The molecule has 0 saturated carbocycles. The highest BCUT2D eigenvalue weighted by Crippen LogP contribution is 2.19. The van der Waals surface area contributed by atoms with Gasteiger partial charge >= 0.3 is 6.09 Å². The maximum atomic E-state index is 12.4. The number of ether oxygens (including phenoxy) is 2. The summed E-state index contributed by atoms with van der Waals surface area (Å²) in [6.07, 6.45) is 22.2. The Morgan fingerprint density at radius 2 is 1.42 bits per heavy atom. The molecule has 3 N–H and O–H groups in total. The number of H-pyrrole nitrogens is 1. The summed E-state index contributed by atoms with van der Waals surface area (Å²) in [5, 5.41) is 3.94. The first-order chi connectivity index (χ1) is 21.4. The molecule has 45 heavy (non-hydrogen) atoms. The van der Waals surface area contributed by atoms with Crippen LogP contribution < -0.4 is 39.0 Å². The van der Waals surface area contributed by atoms with Gasteiger partial charge in [0.25, 0.3) is 0 Å². The third-order valence-corrected chi connectivity index (χ3v) is 10.6. The second kappa shape index (κ2) is 27.0. The van der Waals surface area contributed by atoms with E-state index in [0.29, 0.717) is 13.0 Å². The Kier molecular flexibility index (Phi) is 25.2. The molecule has 1 aromatic heterocycles. The minimum atomic E-state index is -3.44. The van der Waals surface area contributed by atoms with Crippen molar-refractivity contribution in [3.05, 3.63) is 29.3 Å². The highest BCUT2D eigenvalue weighted by Gasteiger charge is 2.17. The van der Waals surface area contributed by atoms with Crippen LogP contribution in [0.4, 0.5) is 4.79 Å². The Balaban J connectivity index is 0.0000101.